The molecule has 1 aromatic rings. The highest BCUT2D eigenvalue weighted by Crippen LogP contribution is 2.30. The van der Waals surface area contributed by atoms with Crippen LogP contribution in [0.2, 0.25) is 0 Å². The number of esters is 1. The molecule has 2 atom stereocenters. The minimum Gasteiger partial charge on any atom is -0.469 e. The van der Waals surface area contributed by atoms with Gasteiger partial charge in [0.25, 0.3) is 0 Å². The van der Waals surface area contributed by atoms with Crippen LogP contribution >= 0.6 is 23.1 Å². The van der Waals surface area contributed by atoms with Gasteiger partial charge < -0.3 is 9.64 Å². The fourth-order valence-corrected chi connectivity index (χ4v) is 4.43. The Morgan fingerprint density at radius 2 is 2.16 bits per heavy atom. The van der Waals surface area contributed by atoms with Crippen molar-refractivity contribution in [3.63, 3.8) is 0 Å². The fourth-order valence-electron chi connectivity index (χ4n) is 2.22. The van der Waals surface area contributed by atoms with Gasteiger partial charge in [0.15, 0.2) is 5.13 Å². The van der Waals surface area contributed by atoms with E-state index >= 15 is 0 Å². The number of anilines is 1. The molecule has 0 aromatic carbocycles. The molecule has 0 amide bonds. The van der Waals surface area contributed by atoms with E-state index in [9.17, 15) is 4.79 Å². The van der Waals surface area contributed by atoms with Gasteiger partial charge in [0, 0.05) is 35.4 Å². The Labute approximate surface area is 122 Å². The lowest BCUT2D eigenvalue weighted by molar-refractivity contribution is -0.140. The standard InChI is InChI=1S/C13H20N2O2S2/c1-9-6-15(7-10(2)19-9)13-14-11(8-18-13)4-5-12(16)17-3/h8-10H,4-7H2,1-3H3. The van der Waals surface area contributed by atoms with Crippen LogP contribution in [0.3, 0.4) is 0 Å². The summed E-state index contributed by atoms with van der Waals surface area (Å²) in [6.45, 7) is 6.64. The average molecular weight is 300 g/mol. The Hall–Kier alpha value is -0.750. The molecule has 4 nitrogen and oxygen atoms in total. The molecule has 1 aliphatic rings. The highest BCUT2D eigenvalue weighted by Gasteiger charge is 2.24. The number of hydrogen-bond acceptors (Lipinski definition) is 6. The summed E-state index contributed by atoms with van der Waals surface area (Å²) in [4.78, 5) is 18.1. The SMILES string of the molecule is COC(=O)CCc1csc(N2CC(C)SC(C)C2)n1. The molecule has 0 bridgehead atoms. The maximum absolute atomic E-state index is 11.1. The van der Waals surface area contributed by atoms with E-state index in [-0.39, 0.29) is 5.97 Å². The summed E-state index contributed by atoms with van der Waals surface area (Å²) >= 11 is 3.71. The minimum atomic E-state index is -0.175. The zero-order valence-corrected chi connectivity index (χ0v) is 13.2. The van der Waals surface area contributed by atoms with Crippen LogP contribution in [0.5, 0.6) is 0 Å². The van der Waals surface area contributed by atoms with Crippen molar-refractivity contribution in [2.45, 2.75) is 37.2 Å². The summed E-state index contributed by atoms with van der Waals surface area (Å²) < 4.78 is 4.65. The molecule has 0 spiro atoms. The molecule has 0 aliphatic carbocycles. The van der Waals surface area contributed by atoms with E-state index in [1.165, 1.54) is 7.11 Å². The molecule has 1 saturated heterocycles. The van der Waals surface area contributed by atoms with Gasteiger partial charge in [0.05, 0.1) is 19.2 Å². The van der Waals surface area contributed by atoms with Gasteiger partial charge in [-0.1, -0.05) is 13.8 Å². The second-order valence-corrected chi connectivity index (χ2v) is 7.58. The van der Waals surface area contributed by atoms with Gasteiger partial charge in [-0.05, 0) is 0 Å². The van der Waals surface area contributed by atoms with Gasteiger partial charge >= 0.3 is 5.97 Å². The zero-order chi connectivity index (χ0) is 13.8. The van der Waals surface area contributed by atoms with Gasteiger partial charge in [-0.25, -0.2) is 4.98 Å². The Balaban J connectivity index is 1.94. The molecule has 0 radical (unpaired) electrons. The fraction of sp³-hybridized carbons (Fsp3) is 0.692. The van der Waals surface area contributed by atoms with E-state index in [0.29, 0.717) is 23.3 Å². The Morgan fingerprint density at radius 1 is 1.47 bits per heavy atom. The molecule has 0 N–H and O–H groups in total. The molecule has 106 valence electrons. The molecule has 2 unspecified atom stereocenters. The molecule has 2 heterocycles. The van der Waals surface area contributed by atoms with Crippen molar-refractivity contribution in [3.8, 4) is 0 Å². The van der Waals surface area contributed by atoms with E-state index < -0.39 is 0 Å². The van der Waals surface area contributed by atoms with Crippen LogP contribution in [0.25, 0.3) is 0 Å². The number of methoxy groups -OCH3 is 1. The lowest BCUT2D eigenvalue weighted by Crippen LogP contribution is -2.40. The van der Waals surface area contributed by atoms with E-state index in [0.717, 1.165) is 23.9 Å². The predicted octanol–water partition coefficient (Wildman–Crippen LogP) is 2.58. The van der Waals surface area contributed by atoms with E-state index in [4.69, 9.17) is 0 Å². The molecule has 1 aliphatic heterocycles. The molecule has 19 heavy (non-hydrogen) atoms. The third-order valence-electron chi connectivity index (χ3n) is 3.04. The van der Waals surface area contributed by atoms with Gasteiger partial charge in [-0.2, -0.15) is 11.8 Å². The van der Waals surface area contributed by atoms with Crippen LogP contribution in [0, 0.1) is 0 Å². The number of carbonyl (C=O) groups is 1. The Bertz CT molecular complexity index is 426. The van der Waals surface area contributed by atoms with Crippen molar-refractivity contribution in [1.29, 1.82) is 0 Å². The number of aryl methyl sites for hydroxylation is 1. The van der Waals surface area contributed by atoms with Crippen LogP contribution in [0.1, 0.15) is 26.0 Å². The van der Waals surface area contributed by atoms with Crippen molar-refractivity contribution in [1.82, 2.24) is 4.98 Å². The summed E-state index contributed by atoms with van der Waals surface area (Å²) in [5.41, 5.74) is 0.990. The third-order valence-corrected chi connectivity index (χ3v) is 5.22. The van der Waals surface area contributed by atoms with Crippen molar-refractivity contribution < 1.29 is 9.53 Å². The first-order valence-corrected chi connectivity index (χ1v) is 8.32. The molecule has 1 aromatic heterocycles. The Morgan fingerprint density at radius 3 is 2.79 bits per heavy atom. The second kappa shape index (κ2) is 6.61. The van der Waals surface area contributed by atoms with Gasteiger partial charge in [0.2, 0.25) is 0 Å². The second-order valence-electron chi connectivity index (χ2n) is 4.86. The summed E-state index contributed by atoms with van der Waals surface area (Å²) in [6, 6.07) is 0. The first-order chi connectivity index (χ1) is 9.08. The monoisotopic (exact) mass is 300 g/mol. The predicted molar refractivity (Wildman–Crippen MR) is 81.2 cm³/mol. The third kappa shape index (κ3) is 4.11. The maximum atomic E-state index is 11.1. The molecule has 1 fully saturated rings. The highest BCUT2D eigenvalue weighted by molar-refractivity contribution is 8.00. The van der Waals surface area contributed by atoms with E-state index in [1.807, 2.05) is 11.8 Å². The lowest BCUT2D eigenvalue weighted by atomic mass is 10.2. The summed E-state index contributed by atoms with van der Waals surface area (Å²) in [5.74, 6) is -0.175. The van der Waals surface area contributed by atoms with Crippen LogP contribution < -0.4 is 4.90 Å². The molecular formula is C13H20N2O2S2. The minimum absolute atomic E-state index is 0.175. The number of thiazole rings is 1. The first-order valence-electron chi connectivity index (χ1n) is 6.50. The van der Waals surface area contributed by atoms with Crippen LogP contribution in [0.15, 0.2) is 5.38 Å². The number of nitrogens with zero attached hydrogens (tertiary/aromatic N) is 2. The van der Waals surface area contributed by atoms with Crippen LogP contribution in [-0.2, 0) is 16.0 Å². The normalized spacial score (nSPS) is 23.4. The number of aromatic nitrogens is 1. The largest absolute Gasteiger partial charge is 0.469 e. The van der Waals surface area contributed by atoms with Gasteiger partial charge in [-0.15, -0.1) is 11.3 Å². The number of thioether (sulfide) groups is 1. The van der Waals surface area contributed by atoms with Crippen LogP contribution in [0.4, 0.5) is 5.13 Å². The Kier molecular flexibility index (Phi) is 5.10. The maximum Gasteiger partial charge on any atom is 0.305 e. The lowest BCUT2D eigenvalue weighted by Gasteiger charge is -2.34. The number of ether oxygens (including phenoxy) is 1. The topological polar surface area (TPSA) is 42.4 Å². The first kappa shape index (κ1) is 14.7. The molecule has 2 rings (SSSR count). The smallest absolute Gasteiger partial charge is 0.305 e. The van der Waals surface area contributed by atoms with Crippen molar-refractivity contribution in [2.24, 2.45) is 0 Å². The van der Waals surface area contributed by atoms with E-state index in [1.54, 1.807) is 11.3 Å². The highest BCUT2D eigenvalue weighted by atomic mass is 32.2. The molecular weight excluding hydrogens is 280 g/mol. The summed E-state index contributed by atoms with van der Waals surface area (Å²) in [5, 5.41) is 4.42. The van der Waals surface area contributed by atoms with Gasteiger partial charge in [-0.3, -0.25) is 4.79 Å². The zero-order valence-electron chi connectivity index (χ0n) is 11.6. The van der Waals surface area contributed by atoms with Gasteiger partial charge in [0.1, 0.15) is 0 Å². The summed E-state index contributed by atoms with van der Waals surface area (Å²) in [6.07, 6.45) is 1.07. The number of carbonyl (C=O) groups excluding carboxylic acids is 1. The van der Waals surface area contributed by atoms with Crippen molar-refractivity contribution >= 4 is 34.2 Å². The summed E-state index contributed by atoms with van der Waals surface area (Å²) in [7, 11) is 1.42. The van der Waals surface area contributed by atoms with E-state index in [2.05, 4.69) is 33.8 Å². The molecule has 6 heteroatoms. The molecule has 0 saturated carbocycles. The quantitative estimate of drug-likeness (QED) is 0.800. The average Bonchev–Trinajstić information content (AvgIpc) is 2.83. The van der Waals surface area contributed by atoms with Crippen molar-refractivity contribution in [3.05, 3.63) is 11.1 Å². The number of hydrogen-bond donors (Lipinski definition) is 0. The van der Waals surface area contributed by atoms with Crippen molar-refractivity contribution in [2.75, 3.05) is 25.1 Å². The van der Waals surface area contributed by atoms with Crippen LogP contribution in [-0.4, -0.2) is 41.7 Å². The number of rotatable bonds is 4.